The Morgan fingerprint density at radius 3 is 2.59 bits per heavy atom. The molecule has 142 valence electrons. The van der Waals surface area contributed by atoms with Gasteiger partial charge in [0.15, 0.2) is 0 Å². The van der Waals surface area contributed by atoms with E-state index in [2.05, 4.69) is 17.4 Å². The minimum absolute atomic E-state index is 0.0151. The van der Waals surface area contributed by atoms with Crippen LogP contribution in [0.15, 0.2) is 42.5 Å². The second kappa shape index (κ2) is 7.41. The van der Waals surface area contributed by atoms with E-state index in [0.717, 1.165) is 30.9 Å². The molecule has 0 bridgehead atoms. The molecule has 0 aliphatic carbocycles. The van der Waals surface area contributed by atoms with Gasteiger partial charge in [-0.1, -0.05) is 23.7 Å². The van der Waals surface area contributed by atoms with E-state index in [1.165, 1.54) is 0 Å². The maximum Gasteiger partial charge on any atom is 0.258 e. The highest BCUT2D eigenvalue weighted by molar-refractivity contribution is 6.30. The van der Waals surface area contributed by atoms with E-state index in [0.29, 0.717) is 28.2 Å². The first kappa shape index (κ1) is 18.1. The van der Waals surface area contributed by atoms with E-state index in [1.54, 1.807) is 32.4 Å². The predicted octanol–water partition coefficient (Wildman–Crippen LogP) is 3.39. The molecular weight excluding hydrogens is 364 g/mol. The fraction of sp³-hybridized carbons (Fsp3) is 0.381. The zero-order valence-electron chi connectivity index (χ0n) is 15.4. The summed E-state index contributed by atoms with van der Waals surface area (Å²) in [6, 6.07) is 13.2. The quantitative estimate of drug-likeness (QED) is 0.875. The van der Waals surface area contributed by atoms with Crippen molar-refractivity contribution in [1.82, 2.24) is 10.2 Å². The third-order valence-corrected chi connectivity index (χ3v) is 5.91. The Hall–Kier alpha value is -2.24. The number of methoxy groups -OCH3 is 2. The van der Waals surface area contributed by atoms with Gasteiger partial charge in [0.1, 0.15) is 11.5 Å². The van der Waals surface area contributed by atoms with Crippen LogP contribution in [-0.2, 0) is 0 Å². The van der Waals surface area contributed by atoms with Crippen molar-refractivity contribution in [2.75, 3.05) is 33.9 Å². The number of likely N-dealkylation sites (tertiary alicyclic amines) is 1. The Kier molecular flexibility index (Phi) is 4.98. The minimum atomic E-state index is -0.0151. The van der Waals surface area contributed by atoms with E-state index in [1.807, 2.05) is 17.0 Å². The van der Waals surface area contributed by atoms with E-state index >= 15 is 0 Å². The highest BCUT2D eigenvalue weighted by Crippen LogP contribution is 2.44. The van der Waals surface area contributed by atoms with Crippen molar-refractivity contribution in [3.05, 3.63) is 58.6 Å². The van der Waals surface area contributed by atoms with Crippen molar-refractivity contribution in [3.8, 4) is 11.5 Å². The van der Waals surface area contributed by atoms with Gasteiger partial charge in [-0.15, -0.1) is 0 Å². The number of carbonyl (C=O) groups excluding carboxylic acids is 1. The summed E-state index contributed by atoms with van der Waals surface area (Å²) in [7, 11) is 3.22. The Labute approximate surface area is 164 Å². The second-order valence-electron chi connectivity index (χ2n) is 7.10. The molecule has 0 spiro atoms. The van der Waals surface area contributed by atoms with Crippen LogP contribution in [-0.4, -0.2) is 44.7 Å². The average molecular weight is 387 g/mol. The average Bonchev–Trinajstić information content (AvgIpc) is 3.28. The van der Waals surface area contributed by atoms with Crippen LogP contribution in [0.4, 0.5) is 0 Å². The SMILES string of the molecule is COc1ccc([C@H]2[C@H]3CNC[C@H]3CN2C(=O)c2ccc(Cl)cc2OC)cc1. The van der Waals surface area contributed by atoms with Crippen LogP contribution >= 0.6 is 11.6 Å². The van der Waals surface area contributed by atoms with Crippen LogP contribution in [0.2, 0.25) is 5.02 Å². The Morgan fingerprint density at radius 1 is 1.11 bits per heavy atom. The Morgan fingerprint density at radius 2 is 1.89 bits per heavy atom. The first-order valence-electron chi connectivity index (χ1n) is 9.11. The summed E-state index contributed by atoms with van der Waals surface area (Å²) < 4.78 is 10.7. The molecule has 0 unspecified atom stereocenters. The van der Waals surface area contributed by atoms with E-state index in [4.69, 9.17) is 21.1 Å². The van der Waals surface area contributed by atoms with Crippen LogP contribution in [0.3, 0.4) is 0 Å². The highest BCUT2D eigenvalue weighted by atomic mass is 35.5. The van der Waals surface area contributed by atoms with Crippen molar-refractivity contribution in [1.29, 1.82) is 0 Å². The Bertz CT molecular complexity index is 840. The summed E-state index contributed by atoms with van der Waals surface area (Å²) in [5.41, 5.74) is 1.68. The molecule has 1 N–H and O–H groups in total. The number of fused-ring (bicyclic) bond motifs is 1. The normalized spacial score (nSPS) is 24.0. The fourth-order valence-corrected chi connectivity index (χ4v) is 4.52. The van der Waals surface area contributed by atoms with E-state index in [-0.39, 0.29) is 11.9 Å². The van der Waals surface area contributed by atoms with Crippen LogP contribution in [0.1, 0.15) is 22.0 Å². The molecule has 2 heterocycles. The standard InChI is InChI=1S/C21H23ClN2O3/c1-26-16-6-3-13(4-7-16)20-18-11-23-10-14(18)12-24(20)21(25)17-8-5-15(22)9-19(17)27-2/h3-9,14,18,20,23H,10-12H2,1-2H3/t14-,18-,20-/m0/s1. The Balaban J connectivity index is 1.70. The molecule has 4 rings (SSSR count). The molecular formula is C21H23ClN2O3. The van der Waals surface area contributed by atoms with E-state index in [9.17, 15) is 4.79 Å². The van der Waals surface area contributed by atoms with Crippen molar-refractivity contribution < 1.29 is 14.3 Å². The first-order valence-corrected chi connectivity index (χ1v) is 9.49. The summed E-state index contributed by atoms with van der Waals surface area (Å²) in [5.74, 6) is 2.17. The van der Waals surface area contributed by atoms with Gasteiger partial charge in [0.2, 0.25) is 0 Å². The zero-order chi connectivity index (χ0) is 19.0. The van der Waals surface area contributed by atoms with Crippen LogP contribution in [0.25, 0.3) is 0 Å². The molecule has 2 aromatic carbocycles. The molecule has 3 atom stereocenters. The predicted molar refractivity (Wildman–Crippen MR) is 105 cm³/mol. The monoisotopic (exact) mass is 386 g/mol. The molecule has 6 heteroatoms. The van der Waals surface area contributed by atoms with Crippen molar-refractivity contribution in [2.24, 2.45) is 11.8 Å². The number of halogens is 1. The van der Waals surface area contributed by atoms with Gasteiger partial charge in [-0.25, -0.2) is 0 Å². The van der Waals surface area contributed by atoms with Gasteiger partial charge in [-0.3, -0.25) is 4.79 Å². The maximum atomic E-state index is 13.4. The van der Waals surface area contributed by atoms with Crippen molar-refractivity contribution >= 4 is 17.5 Å². The zero-order valence-corrected chi connectivity index (χ0v) is 16.2. The number of rotatable bonds is 4. The van der Waals surface area contributed by atoms with Gasteiger partial charge in [0.05, 0.1) is 25.8 Å². The number of ether oxygens (including phenoxy) is 2. The number of nitrogens with one attached hydrogen (secondary N) is 1. The second-order valence-corrected chi connectivity index (χ2v) is 7.54. The van der Waals surface area contributed by atoms with Crippen LogP contribution in [0, 0.1) is 11.8 Å². The molecule has 2 aliphatic rings. The molecule has 0 saturated carbocycles. The highest BCUT2D eigenvalue weighted by Gasteiger charge is 2.47. The van der Waals surface area contributed by atoms with Crippen LogP contribution in [0.5, 0.6) is 11.5 Å². The largest absolute Gasteiger partial charge is 0.497 e. The molecule has 2 fully saturated rings. The smallest absolute Gasteiger partial charge is 0.258 e. The van der Waals surface area contributed by atoms with Gasteiger partial charge < -0.3 is 19.7 Å². The number of hydrogen-bond donors (Lipinski definition) is 1. The lowest BCUT2D eigenvalue weighted by atomic mass is 9.89. The number of benzene rings is 2. The van der Waals surface area contributed by atoms with Crippen molar-refractivity contribution in [3.63, 3.8) is 0 Å². The third kappa shape index (κ3) is 3.26. The lowest BCUT2D eigenvalue weighted by Crippen LogP contribution is -2.34. The topological polar surface area (TPSA) is 50.8 Å². The van der Waals surface area contributed by atoms with Gasteiger partial charge in [-0.05, 0) is 41.8 Å². The summed E-state index contributed by atoms with van der Waals surface area (Å²) in [6.07, 6.45) is 0. The first-order chi connectivity index (χ1) is 13.1. The number of nitrogens with zero attached hydrogens (tertiary/aromatic N) is 1. The molecule has 2 saturated heterocycles. The molecule has 0 aromatic heterocycles. The lowest BCUT2D eigenvalue weighted by molar-refractivity contribution is 0.0710. The van der Waals surface area contributed by atoms with Crippen LogP contribution < -0.4 is 14.8 Å². The maximum absolute atomic E-state index is 13.4. The number of amides is 1. The molecule has 0 radical (unpaired) electrons. The number of carbonyl (C=O) groups is 1. The molecule has 27 heavy (non-hydrogen) atoms. The van der Waals surface area contributed by atoms with Crippen molar-refractivity contribution in [2.45, 2.75) is 6.04 Å². The fourth-order valence-electron chi connectivity index (χ4n) is 4.35. The molecule has 2 aromatic rings. The number of hydrogen-bond acceptors (Lipinski definition) is 4. The summed E-state index contributed by atoms with van der Waals surface area (Å²) >= 11 is 6.07. The third-order valence-electron chi connectivity index (χ3n) is 5.68. The molecule has 2 aliphatic heterocycles. The summed E-state index contributed by atoms with van der Waals surface area (Å²) in [6.45, 7) is 2.60. The van der Waals surface area contributed by atoms with Gasteiger partial charge in [0.25, 0.3) is 5.91 Å². The lowest BCUT2D eigenvalue weighted by Gasteiger charge is -2.29. The minimum Gasteiger partial charge on any atom is -0.497 e. The summed E-state index contributed by atoms with van der Waals surface area (Å²) in [5, 5.41) is 4.02. The van der Waals surface area contributed by atoms with E-state index < -0.39 is 0 Å². The van der Waals surface area contributed by atoms with Gasteiger partial charge >= 0.3 is 0 Å². The molecule has 5 nitrogen and oxygen atoms in total. The summed E-state index contributed by atoms with van der Waals surface area (Å²) in [4.78, 5) is 15.4. The van der Waals surface area contributed by atoms with Gasteiger partial charge in [0, 0.05) is 30.6 Å². The molecule has 1 amide bonds. The van der Waals surface area contributed by atoms with Gasteiger partial charge in [-0.2, -0.15) is 0 Å².